The Bertz CT molecular complexity index is 989. The number of aliphatic hydroxyl groups excluding tert-OH is 1. The molecule has 8 heteroatoms. The van der Waals surface area contributed by atoms with E-state index < -0.39 is 25.1 Å². The predicted octanol–water partition coefficient (Wildman–Crippen LogP) is 2.78. The van der Waals surface area contributed by atoms with Crippen molar-refractivity contribution in [2.24, 2.45) is 17.8 Å². The molecule has 1 aliphatic carbocycles. The van der Waals surface area contributed by atoms with Gasteiger partial charge in [-0.25, -0.2) is 0 Å². The monoisotopic (exact) mass is 453 g/mol. The number of aliphatic hydroxyl groups is 1. The number of benzene rings is 1. The molecule has 2 fully saturated rings. The molecule has 0 saturated carbocycles. The zero-order valence-corrected chi connectivity index (χ0v) is 19.2. The van der Waals surface area contributed by atoms with E-state index in [1.165, 1.54) is 4.90 Å². The number of allylic oxidation sites excluding steroid dienone is 1. The van der Waals surface area contributed by atoms with E-state index >= 15 is 0 Å². The van der Waals surface area contributed by atoms with E-state index in [-0.39, 0.29) is 36.4 Å². The molecule has 2 amide bonds. The maximum Gasteiger partial charge on any atom is 0.455 e. The third-order valence-corrected chi connectivity index (χ3v) is 7.18. The number of fused-ring (bicyclic) bond motifs is 3. The van der Waals surface area contributed by atoms with E-state index in [4.69, 9.17) is 4.65 Å². The Labute approximate surface area is 194 Å². The van der Waals surface area contributed by atoms with Crippen molar-refractivity contribution in [1.29, 1.82) is 0 Å². The Morgan fingerprint density at radius 1 is 1.24 bits per heavy atom. The summed E-state index contributed by atoms with van der Waals surface area (Å²) in [6, 6.07) is 7.12. The number of phenols is 1. The quantitative estimate of drug-likeness (QED) is 0.333. The predicted molar refractivity (Wildman–Crippen MR) is 125 cm³/mol. The first-order valence-electron chi connectivity index (χ1n) is 11.8. The van der Waals surface area contributed by atoms with Gasteiger partial charge in [0.25, 0.3) is 0 Å². The topological polar surface area (TPSA) is 107 Å². The number of imide groups is 1. The molecule has 1 aromatic carbocycles. The van der Waals surface area contributed by atoms with Crippen LogP contribution in [0.15, 0.2) is 41.0 Å². The number of rotatable bonds is 7. The van der Waals surface area contributed by atoms with Crippen molar-refractivity contribution >= 4 is 25.0 Å². The first kappa shape index (κ1) is 23.7. The molecule has 4 rings (SSSR count). The molecule has 0 unspecified atom stereocenters. The van der Waals surface area contributed by atoms with Gasteiger partial charge in [-0.15, -0.1) is 0 Å². The van der Waals surface area contributed by atoms with E-state index in [1.807, 2.05) is 32.1 Å². The summed E-state index contributed by atoms with van der Waals surface area (Å²) in [6.45, 7) is 4.13. The zero-order chi connectivity index (χ0) is 23.7. The van der Waals surface area contributed by atoms with Gasteiger partial charge in [-0.1, -0.05) is 36.8 Å². The lowest BCUT2D eigenvalue weighted by atomic mass is 9.58. The second-order valence-corrected chi connectivity index (χ2v) is 9.39. The third-order valence-electron chi connectivity index (χ3n) is 7.18. The fourth-order valence-electron chi connectivity index (χ4n) is 5.73. The van der Waals surface area contributed by atoms with Crippen LogP contribution in [0.4, 0.5) is 0 Å². The highest BCUT2D eigenvalue weighted by Crippen LogP contribution is 2.50. The summed E-state index contributed by atoms with van der Waals surface area (Å²) >= 11 is 0. The van der Waals surface area contributed by atoms with Gasteiger partial charge in [0.2, 0.25) is 11.8 Å². The summed E-state index contributed by atoms with van der Waals surface area (Å²) in [5.41, 5.74) is 3.43. The SMILES string of the molecule is CCCN1C(=O)[C@@H]2[C@@H](CC(CO)=C3[C@@H](CC/C(C)=C/c4ccccc4O)OB(O)C[C@@H]32)C1=O. The summed E-state index contributed by atoms with van der Waals surface area (Å²) in [5, 5.41) is 30.6. The van der Waals surface area contributed by atoms with Crippen molar-refractivity contribution in [1.82, 2.24) is 4.90 Å². The Kier molecular flexibility index (Phi) is 7.07. The van der Waals surface area contributed by atoms with Gasteiger partial charge in [0.05, 0.1) is 24.5 Å². The molecule has 3 N–H and O–H groups in total. The summed E-state index contributed by atoms with van der Waals surface area (Å²) in [7, 11) is -1.02. The fourth-order valence-corrected chi connectivity index (χ4v) is 5.73. The molecule has 33 heavy (non-hydrogen) atoms. The molecule has 0 spiro atoms. The van der Waals surface area contributed by atoms with Crippen molar-refractivity contribution in [3.8, 4) is 5.75 Å². The van der Waals surface area contributed by atoms with Gasteiger partial charge in [-0.3, -0.25) is 14.5 Å². The van der Waals surface area contributed by atoms with Crippen molar-refractivity contribution in [3.63, 3.8) is 0 Å². The number of amides is 2. The molecule has 3 aliphatic rings. The van der Waals surface area contributed by atoms with Gasteiger partial charge in [-0.2, -0.15) is 0 Å². The van der Waals surface area contributed by atoms with Crippen LogP contribution in [0.5, 0.6) is 5.75 Å². The number of carbonyl (C=O) groups excluding carboxylic acids is 2. The molecule has 0 aromatic heterocycles. The number of aromatic hydroxyl groups is 1. The van der Waals surface area contributed by atoms with Crippen molar-refractivity contribution in [2.75, 3.05) is 13.2 Å². The minimum absolute atomic E-state index is 0.157. The smallest absolute Gasteiger partial charge is 0.455 e. The van der Waals surface area contributed by atoms with E-state index in [0.717, 1.165) is 22.3 Å². The number of hydrogen-bond donors (Lipinski definition) is 3. The largest absolute Gasteiger partial charge is 0.507 e. The minimum Gasteiger partial charge on any atom is -0.507 e. The van der Waals surface area contributed by atoms with E-state index in [9.17, 15) is 24.8 Å². The molecular weight excluding hydrogens is 421 g/mol. The maximum absolute atomic E-state index is 13.2. The van der Waals surface area contributed by atoms with Gasteiger partial charge in [0, 0.05) is 12.1 Å². The summed E-state index contributed by atoms with van der Waals surface area (Å²) in [4.78, 5) is 27.5. The molecule has 4 atom stereocenters. The number of nitrogens with zero attached hydrogens (tertiary/aromatic N) is 1. The Balaban J connectivity index is 1.58. The number of carbonyl (C=O) groups is 2. The zero-order valence-electron chi connectivity index (χ0n) is 19.2. The molecule has 2 aliphatic heterocycles. The van der Waals surface area contributed by atoms with Crippen molar-refractivity contribution in [2.45, 2.75) is 52.0 Å². The average Bonchev–Trinajstić information content (AvgIpc) is 3.03. The van der Waals surface area contributed by atoms with Gasteiger partial charge in [0.1, 0.15) is 5.75 Å². The molecule has 7 nitrogen and oxygen atoms in total. The summed E-state index contributed by atoms with van der Waals surface area (Å²) in [6.07, 6.45) is 4.03. The Hall–Kier alpha value is -2.42. The Morgan fingerprint density at radius 2 is 2.00 bits per heavy atom. The van der Waals surface area contributed by atoms with Crippen LogP contribution >= 0.6 is 0 Å². The van der Waals surface area contributed by atoms with E-state index in [1.54, 1.807) is 12.1 Å². The molecule has 0 bridgehead atoms. The normalized spacial score (nSPS) is 27.8. The lowest BCUT2D eigenvalue weighted by Gasteiger charge is -2.42. The van der Waals surface area contributed by atoms with Crippen LogP contribution in [0.2, 0.25) is 6.32 Å². The van der Waals surface area contributed by atoms with Crippen LogP contribution in [-0.2, 0) is 14.2 Å². The average molecular weight is 453 g/mol. The van der Waals surface area contributed by atoms with Gasteiger partial charge in [-0.05, 0) is 62.1 Å². The van der Waals surface area contributed by atoms with Crippen LogP contribution in [-0.4, -0.2) is 58.3 Å². The van der Waals surface area contributed by atoms with Crippen LogP contribution in [0, 0.1) is 17.8 Å². The van der Waals surface area contributed by atoms with Crippen molar-refractivity contribution in [3.05, 3.63) is 46.5 Å². The van der Waals surface area contributed by atoms with Crippen LogP contribution in [0.3, 0.4) is 0 Å². The Morgan fingerprint density at radius 3 is 2.70 bits per heavy atom. The lowest BCUT2D eigenvalue weighted by Crippen LogP contribution is -2.46. The van der Waals surface area contributed by atoms with Gasteiger partial charge in [0.15, 0.2) is 0 Å². The lowest BCUT2D eigenvalue weighted by molar-refractivity contribution is -0.140. The maximum atomic E-state index is 13.2. The highest BCUT2D eigenvalue weighted by Gasteiger charge is 2.56. The first-order chi connectivity index (χ1) is 15.8. The molecule has 0 radical (unpaired) electrons. The number of hydrogen-bond acceptors (Lipinski definition) is 6. The minimum atomic E-state index is -1.02. The molecule has 2 saturated heterocycles. The number of likely N-dealkylation sites (tertiary alicyclic amines) is 1. The highest BCUT2D eigenvalue weighted by atomic mass is 16.5. The standard InChI is InChI=1S/C25H32BNO6/c1-3-10-27-24(30)18-12-17(14-28)22-19(23(18)25(27)31)13-26(32)33-21(22)9-8-15(2)11-16-6-4-5-7-20(16)29/h4-7,11,18-19,21,23,28-29,32H,3,8-10,12-14H2,1-2H3/b15-11+/t18-,19+,21-,23-/m1/s1. The second-order valence-electron chi connectivity index (χ2n) is 9.39. The number of para-hydroxylation sites is 1. The van der Waals surface area contributed by atoms with E-state index in [0.29, 0.717) is 32.2 Å². The first-order valence-corrected chi connectivity index (χ1v) is 11.8. The van der Waals surface area contributed by atoms with Crippen LogP contribution in [0.1, 0.15) is 45.1 Å². The van der Waals surface area contributed by atoms with Crippen LogP contribution in [0.25, 0.3) is 6.08 Å². The summed E-state index contributed by atoms with van der Waals surface area (Å²) < 4.78 is 5.90. The molecular formula is C25H32BNO6. The summed E-state index contributed by atoms with van der Waals surface area (Å²) in [5.74, 6) is -1.36. The van der Waals surface area contributed by atoms with Gasteiger partial charge >= 0.3 is 7.12 Å². The number of phenolic OH excluding ortho intramolecular Hbond substituents is 1. The highest BCUT2D eigenvalue weighted by molar-refractivity contribution is 6.43. The van der Waals surface area contributed by atoms with Crippen molar-refractivity contribution < 1.29 is 29.5 Å². The molecule has 176 valence electrons. The second kappa shape index (κ2) is 9.83. The molecule has 1 aromatic rings. The molecule has 2 heterocycles. The van der Waals surface area contributed by atoms with Crippen LogP contribution < -0.4 is 0 Å². The van der Waals surface area contributed by atoms with Gasteiger partial charge < -0.3 is 19.9 Å². The third kappa shape index (κ3) is 4.52. The fraction of sp³-hybridized carbons (Fsp3) is 0.520. The van der Waals surface area contributed by atoms with E-state index in [2.05, 4.69) is 0 Å².